The highest BCUT2D eigenvalue weighted by Gasteiger charge is 2.22. The molecule has 39 heavy (non-hydrogen) atoms. The number of anilines is 1. The Kier molecular flexibility index (Phi) is 8.77. The summed E-state index contributed by atoms with van der Waals surface area (Å²) in [6.45, 7) is 4.43. The Labute approximate surface area is 225 Å². The Morgan fingerprint density at radius 1 is 1.00 bits per heavy atom. The van der Waals surface area contributed by atoms with E-state index in [-0.39, 0.29) is 23.2 Å². The lowest BCUT2D eigenvalue weighted by Gasteiger charge is -2.29. The van der Waals surface area contributed by atoms with Crippen LogP contribution in [-0.4, -0.2) is 66.3 Å². The van der Waals surface area contributed by atoms with Crippen molar-refractivity contribution >= 4 is 22.5 Å². The van der Waals surface area contributed by atoms with E-state index in [1.165, 1.54) is 25.0 Å². The van der Waals surface area contributed by atoms with Crippen molar-refractivity contribution in [3.63, 3.8) is 0 Å². The fourth-order valence-electron chi connectivity index (χ4n) is 5.32. The quantitative estimate of drug-likeness (QED) is 0.436. The summed E-state index contributed by atoms with van der Waals surface area (Å²) >= 11 is 0. The number of fused-ring (bicyclic) bond motifs is 1. The second-order valence-electron chi connectivity index (χ2n) is 10.2. The number of amides is 1. The molecule has 2 saturated heterocycles. The molecule has 4 heterocycles. The van der Waals surface area contributed by atoms with Crippen molar-refractivity contribution in [2.24, 2.45) is 0 Å². The number of nitrogens with one attached hydrogen (secondary N) is 3. The highest BCUT2D eigenvalue weighted by molar-refractivity contribution is 5.92. The zero-order valence-corrected chi connectivity index (χ0v) is 21.8. The minimum atomic E-state index is -0.582. The molecule has 0 atom stereocenters. The van der Waals surface area contributed by atoms with Crippen LogP contribution in [0, 0.1) is 11.8 Å². The summed E-state index contributed by atoms with van der Waals surface area (Å²) in [5.74, 6) is -0.193. The number of rotatable bonds is 4. The largest absolute Gasteiger partial charge is 0.381 e. The van der Waals surface area contributed by atoms with Crippen LogP contribution in [0.15, 0.2) is 35.1 Å². The molecule has 6 rings (SSSR count). The third-order valence-corrected chi connectivity index (χ3v) is 7.50. The third kappa shape index (κ3) is 6.77. The summed E-state index contributed by atoms with van der Waals surface area (Å²) in [4.78, 5) is 37.0. The average Bonchev–Trinajstić information content (AvgIpc) is 3.50. The van der Waals surface area contributed by atoms with E-state index in [4.69, 9.17) is 4.74 Å². The van der Waals surface area contributed by atoms with Crippen molar-refractivity contribution in [2.45, 2.75) is 50.5 Å². The van der Waals surface area contributed by atoms with E-state index in [0.717, 1.165) is 57.7 Å². The number of pyridine rings is 1. The van der Waals surface area contributed by atoms with Gasteiger partial charge in [0.05, 0.1) is 16.6 Å². The molecule has 1 aliphatic carbocycles. The summed E-state index contributed by atoms with van der Waals surface area (Å²) < 4.78 is 32.5. The second kappa shape index (κ2) is 12.6. The Balaban J connectivity index is 0.000000163. The minimum Gasteiger partial charge on any atom is -0.381 e. The molecule has 0 bridgehead atoms. The van der Waals surface area contributed by atoms with Crippen molar-refractivity contribution in [3.8, 4) is 0 Å². The molecule has 0 radical (unpaired) electrons. The number of halogens is 2. The summed E-state index contributed by atoms with van der Waals surface area (Å²) in [6, 6.07) is 7.46. The number of aromatic nitrogens is 3. The molecule has 1 aromatic carbocycles. The second-order valence-corrected chi connectivity index (χ2v) is 10.2. The molecule has 2 aromatic heterocycles. The lowest BCUT2D eigenvalue weighted by molar-refractivity contribution is 0.0693. The van der Waals surface area contributed by atoms with Gasteiger partial charge in [0, 0.05) is 51.4 Å². The molecule has 3 fully saturated rings. The highest BCUT2D eigenvalue weighted by Crippen LogP contribution is 2.32. The number of piperazine rings is 1. The monoisotopic (exact) mass is 540 g/mol. The molecule has 0 spiro atoms. The first-order valence-electron chi connectivity index (χ1n) is 13.7. The standard InChI is InChI=1S/C15H21FN4O2.C13H13FN2O/c16-14-13(20-7-5-17-6-8-20)2-1-12(19-14)15(21)18-11-3-9-22-10-4-11;14-9-5-6-11-10(7-9)13(17)16-12(15-11)8-3-1-2-4-8/h1-2,11,17H,3-10H2,(H,18,21);5-8H,1-4H2,(H,15,16,17). The Morgan fingerprint density at radius 3 is 2.46 bits per heavy atom. The highest BCUT2D eigenvalue weighted by atomic mass is 19.1. The van der Waals surface area contributed by atoms with Gasteiger partial charge in [0.2, 0.25) is 5.95 Å². The van der Waals surface area contributed by atoms with Crippen LogP contribution >= 0.6 is 0 Å². The Morgan fingerprint density at radius 2 is 1.74 bits per heavy atom. The number of H-pyrrole nitrogens is 1. The van der Waals surface area contributed by atoms with Gasteiger partial charge < -0.3 is 25.3 Å². The molecule has 208 valence electrons. The van der Waals surface area contributed by atoms with Crippen LogP contribution in [0.4, 0.5) is 14.5 Å². The predicted molar refractivity (Wildman–Crippen MR) is 144 cm³/mol. The first kappa shape index (κ1) is 27.1. The first-order valence-corrected chi connectivity index (χ1v) is 13.7. The smallest absolute Gasteiger partial charge is 0.270 e. The van der Waals surface area contributed by atoms with E-state index in [1.807, 2.05) is 4.90 Å². The summed E-state index contributed by atoms with van der Waals surface area (Å²) in [5, 5.41) is 6.44. The maximum Gasteiger partial charge on any atom is 0.270 e. The maximum atomic E-state index is 14.2. The number of carbonyl (C=O) groups excluding carboxylic acids is 1. The van der Waals surface area contributed by atoms with Crippen LogP contribution in [0.3, 0.4) is 0 Å². The Bertz CT molecular complexity index is 1350. The topological polar surface area (TPSA) is 112 Å². The van der Waals surface area contributed by atoms with E-state index in [1.54, 1.807) is 18.2 Å². The average molecular weight is 541 g/mol. The summed E-state index contributed by atoms with van der Waals surface area (Å²) in [6.07, 6.45) is 6.11. The predicted octanol–water partition coefficient (Wildman–Crippen LogP) is 3.26. The molecule has 3 aromatic rings. The lowest BCUT2D eigenvalue weighted by atomic mass is 10.1. The van der Waals surface area contributed by atoms with Crippen molar-refractivity contribution in [1.82, 2.24) is 25.6 Å². The fraction of sp³-hybridized carbons (Fsp3) is 0.500. The van der Waals surface area contributed by atoms with Gasteiger partial charge in [-0.25, -0.2) is 14.4 Å². The van der Waals surface area contributed by atoms with Gasteiger partial charge in [0.15, 0.2) is 0 Å². The van der Waals surface area contributed by atoms with Gasteiger partial charge >= 0.3 is 0 Å². The normalized spacial score (nSPS) is 18.6. The van der Waals surface area contributed by atoms with E-state index >= 15 is 0 Å². The molecular weight excluding hydrogens is 506 g/mol. The third-order valence-electron chi connectivity index (χ3n) is 7.50. The fourth-order valence-corrected chi connectivity index (χ4v) is 5.32. The molecular formula is C28H34F2N6O3. The van der Waals surface area contributed by atoms with E-state index in [2.05, 4.69) is 25.6 Å². The van der Waals surface area contributed by atoms with Crippen LogP contribution in [-0.2, 0) is 4.74 Å². The van der Waals surface area contributed by atoms with Crippen molar-refractivity contribution < 1.29 is 18.3 Å². The number of ether oxygens (including phenoxy) is 1. The van der Waals surface area contributed by atoms with E-state index < -0.39 is 11.8 Å². The van der Waals surface area contributed by atoms with Gasteiger partial charge in [-0.1, -0.05) is 12.8 Å². The first-order chi connectivity index (χ1) is 19.0. The molecule has 3 aliphatic rings. The van der Waals surface area contributed by atoms with Crippen LogP contribution in [0.5, 0.6) is 0 Å². The van der Waals surface area contributed by atoms with Crippen LogP contribution in [0.2, 0.25) is 0 Å². The summed E-state index contributed by atoms with van der Waals surface area (Å²) in [5.41, 5.74) is 0.931. The molecule has 0 unspecified atom stereocenters. The molecule has 1 saturated carbocycles. The number of hydrogen-bond donors (Lipinski definition) is 3. The number of benzene rings is 1. The molecule has 1 amide bonds. The van der Waals surface area contributed by atoms with Gasteiger partial charge in [-0.05, 0) is 56.0 Å². The van der Waals surface area contributed by atoms with Gasteiger partial charge in [-0.3, -0.25) is 9.59 Å². The zero-order chi connectivity index (χ0) is 27.2. The van der Waals surface area contributed by atoms with Gasteiger partial charge in [-0.15, -0.1) is 0 Å². The maximum absolute atomic E-state index is 14.2. The number of nitrogens with zero attached hydrogens (tertiary/aromatic N) is 3. The van der Waals surface area contributed by atoms with E-state index in [0.29, 0.717) is 35.7 Å². The number of carbonyl (C=O) groups is 1. The van der Waals surface area contributed by atoms with Gasteiger partial charge in [0.1, 0.15) is 17.3 Å². The number of hydrogen-bond acceptors (Lipinski definition) is 7. The molecule has 9 nitrogen and oxygen atoms in total. The van der Waals surface area contributed by atoms with Crippen molar-refractivity contribution in [1.29, 1.82) is 0 Å². The van der Waals surface area contributed by atoms with Crippen LogP contribution < -0.4 is 21.1 Å². The SMILES string of the molecule is O=C(NC1CCOCC1)c1ccc(N2CCNCC2)c(F)n1.O=c1[nH]c(C2CCCC2)nc2ccc(F)cc12. The van der Waals surface area contributed by atoms with Crippen LogP contribution in [0.1, 0.15) is 60.8 Å². The van der Waals surface area contributed by atoms with E-state index in [9.17, 15) is 18.4 Å². The lowest BCUT2D eigenvalue weighted by Crippen LogP contribution is -2.44. The number of aromatic amines is 1. The molecule has 2 aliphatic heterocycles. The van der Waals surface area contributed by atoms with Gasteiger partial charge in [0.25, 0.3) is 11.5 Å². The van der Waals surface area contributed by atoms with Crippen molar-refractivity contribution in [2.75, 3.05) is 44.3 Å². The molecule has 3 N–H and O–H groups in total. The Hall–Kier alpha value is -3.44. The van der Waals surface area contributed by atoms with Crippen molar-refractivity contribution in [3.05, 3.63) is 64.0 Å². The minimum absolute atomic E-state index is 0.0824. The molecule has 11 heteroatoms. The zero-order valence-electron chi connectivity index (χ0n) is 21.8. The van der Waals surface area contributed by atoms with Crippen LogP contribution in [0.25, 0.3) is 10.9 Å². The summed E-state index contributed by atoms with van der Waals surface area (Å²) in [7, 11) is 0. The van der Waals surface area contributed by atoms with Gasteiger partial charge in [-0.2, -0.15) is 4.39 Å².